The fourth-order valence-corrected chi connectivity index (χ4v) is 2.64. The Balaban J connectivity index is -0.000000213. The molecule has 0 aliphatic rings. The summed E-state index contributed by atoms with van der Waals surface area (Å²) in [4.78, 5) is 0. The van der Waals surface area contributed by atoms with E-state index in [4.69, 9.17) is 0 Å². The van der Waals surface area contributed by atoms with Crippen molar-refractivity contribution in [3.05, 3.63) is 0 Å². The zero-order valence-corrected chi connectivity index (χ0v) is 13.3. The predicted molar refractivity (Wildman–Crippen MR) is 103 cm³/mol. The van der Waals surface area contributed by atoms with Crippen molar-refractivity contribution < 1.29 is 9.19 Å². The summed E-state index contributed by atoms with van der Waals surface area (Å²) >= 11 is 0. The van der Waals surface area contributed by atoms with Gasteiger partial charge < -0.3 is 4.48 Å². The molecule has 0 amide bonds. The van der Waals surface area contributed by atoms with Crippen LogP contribution in [0.2, 0.25) is 0 Å². The van der Waals surface area contributed by atoms with Gasteiger partial charge in [0.1, 0.15) is 0 Å². The predicted octanol–water partition coefficient (Wildman–Crippen LogP) is 3.21. The van der Waals surface area contributed by atoms with Crippen molar-refractivity contribution in [3.63, 3.8) is 0 Å². The normalized spacial score (nSPS) is 9.71. The Kier molecular flexibility index (Phi) is 47.2. The third-order valence-electron chi connectivity index (χ3n) is 3.94. The molecule has 0 saturated carbocycles. The van der Waals surface area contributed by atoms with E-state index in [9.17, 15) is 0 Å². The first kappa shape index (κ1) is 36.7. The van der Waals surface area contributed by atoms with E-state index in [1.165, 1.54) is 82.0 Å². The van der Waals surface area contributed by atoms with Crippen molar-refractivity contribution in [3.8, 4) is 0 Å². The summed E-state index contributed by atoms with van der Waals surface area (Å²) in [7, 11) is 0. The van der Waals surface area contributed by atoms with Crippen LogP contribution in [0.1, 0.15) is 79.1 Å². The van der Waals surface area contributed by atoms with Crippen LogP contribution in [0.3, 0.4) is 0 Å². The number of hydrogen-bond donors (Lipinski definition) is 0. The number of unbranched alkanes of at least 4 members (excludes halogenated alkanes) is 4. The van der Waals surface area contributed by atoms with Crippen LogP contribution in [0.4, 0.5) is 4.70 Å². The maximum atomic E-state index is 2.33. The molecule has 1 nitrogen and oxygen atoms in total. The minimum absolute atomic E-state index is 0. The standard InChI is InChI=1S/C16H36N.FH.3K.3H/c1-5-9-13-17(14-10-6-2,15-11-7-3)16-12-8-4;;;;;;;/h5-16H2,1-4H3;1H;;;;;;/q+1;;;;;;;. The number of hydrogen-bond acceptors (Lipinski definition) is 0. The van der Waals surface area contributed by atoms with Crippen molar-refractivity contribution in [2.75, 3.05) is 26.2 Å². The molecule has 0 heterocycles. The van der Waals surface area contributed by atoms with Gasteiger partial charge in [-0.2, -0.15) is 0 Å². The van der Waals surface area contributed by atoms with E-state index in [1.807, 2.05) is 0 Å². The zero-order valence-electron chi connectivity index (χ0n) is 13.3. The van der Waals surface area contributed by atoms with E-state index in [-0.39, 0.29) is 159 Å². The average Bonchev–Trinajstić information content (AvgIpc) is 2.37. The zero-order chi connectivity index (χ0) is 13.0. The van der Waals surface area contributed by atoms with Gasteiger partial charge in [0, 0.05) is 0 Å². The van der Waals surface area contributed by atoms with Crippen molar-refractivity contribution in [2.45, 2.75) is 79.1 Å². The molecule has 0 aromatic heterocycles. The second-order valence-corrected chi connectivity index (χ2v) is 5.65. The summed E-state index contributed by atoms with van der Waals surface area (Å²) in [6, 6.07) is 0. The molecular weight excluding hydrogens is 342 g/mol. The molecule has 0 N–H and O–H groups in total. The Hall–Kier alpha value is 4.80. The summed E-state index contributed by atoms with van der Waals surface area (Å²) in [5.74, 6) is 0. The number of nitrogens with zero attached hydrogens (tertiary/aromatic N) is 1. The molecule has 0 fully saturated rings. The Morgan fingerprint density at radius 2 is 0.667 bits per heavy atom. The SMILES string of the molecule is CCCC[N+](CCCC)(CCCC)CCCC.F.[KH].[KH].[KH]. The Morgan fingerprint density at radius 3 is 0.810 bits per heavy atom. The molecule has 118 valence electrons. The van der Waals surface area contributed by atoms with E-state index >= 15 is 0 Å². The van der Waals surface area contributed by atoms with Gasteiger partial charge in [-0.25, -0.2) is 0 Å². The van der Waals surface area contributed by atoms with Gasteiger partial charge in [0.05, 0.1) is 26.2 Å². The molecule has 21 heavy (non-hydrogen) atoms. The number of rotatable bonds is 12. The molecule has 0 unspecified atom stereocenters. The van der Waals surface area contributed by atoms with Gasteiger partial charge in [0.15, 0.2) is 0 Å². The van der Waals surface area contributed by atoms with Crippen LogP contribution in [0.25, 0.3) is 0 Å². The van der Waals surface area contributed by atoms with Gasteiger partial charge in [0.2, 0.25) is 0 Å². The summed E-state index contributed by atoms with van der Waals surface area (Å²) in [6.45, 7) is 15.0. The molecule has 0 aromatic carbocycles. The topological polar surface area (TPSA) is 0 Å². The van der Waals surface area contributed by atoms with E-state index in [0.717, 1.165) is 0 Å². The summed E-state index contributed by atoms with van der Waals surface area (Å²) in [5, 5.41) is 0. The van der Waals surface area contributed by atoms with E-state index < -0.39 is 0 Å². The monoisotopic (exact) mass is 382 g/mol. The molecular formula is C16H40FK3N+. The van der Waals surface area contributed by atoms with Gasteiger partial charge in [-0.3, -0.25) is 4.70 Å². The first-order valence-corrected chi connectivity index (χ1v) is 8.09. The summed E-state index contributed by atoms with van der Waals surface area (Å²) in [5.41, 5.74) is 0. The minimum atomic E-state index is 0. The van der Waals surface area contributed by atoms with E-state index in [0.29, 0.717) is 0 Å². The van der Waals surface area contributed by atoms with E-state index in [1.54, 1.807) is 0 Å². The third-order valence-corrected chi connectivity index (χ3v) is 3.94. The Labute approximate surface area is 262 Å². The Bertz CT molecular complexity index is 134. The molecule has 0 atom stereocenters. The molecule has 0 saturated heterocycles. The second-order valence-electron chi connectivity index (χ2n) is 5.65. The molecule has 0 aliphatic carbocycles. The third kappa shape index (κ3) is 21.0. The van der Waals surface area contributed by atoms with Crippen LogP contribution in [0, 0.1) is 0 Å². The van der Waals surface area contributed by atoms with Gasteiger partial charge in [-0.1, -0.05) is 53.4 Å². The molecule has 0 spiro atoms. The fraction of sp³-hybridized carbons (Fsp3) is 1.00. The van der Waals surface area contributed by atoms with Gasteiger partial charge in [-0.05, 0) is 25.7 Å². The molecule has 0 radical (unpaired) electrons. The quantitative estimate of drug-likeness (QED) is 0.359. The van der Waals surface area contributed by atoms with Crippen LogP contribution in [0.5, 0.6) is 0 Å². The second kappa shape index (κ2) is 27.0. The molecule has 0 aromatic rings. The van der Waals surface area contributed by atoms with Crippen LogP contribution < -0.4 is 0 Å². The van der Waals surface area contributed by atoms with Crippen molar-refractivity contribution in [1.29, 1.82) is 0 Å². The maximum absolute atomic E-state index is 2.33. The van der Waals surface area contributed by atoms with Gasteiger partial charge in [0.25, 0.3) is 0 Å². The van der Waals surface area contributed by atoms with Crippen LogP contribution >= 0.6 is 0 Å². The summed E-state index contributed by atoms with van der Waals surface area (Å²) < 4.78 is 1.42. The van der Waals surface area contributed by atoms with Crippen molar-refractivity contribution in [1.82, 2.24) is 0 Å². The first-order valence-electron chi connectivity index (χ1n) is 8.09. The molecule has 5 heteroatoms. The summed E-state index contributed by atoms with van der Waals surface area (Å²) in [6.07, 6.45) is 11.1. The van der Waals surface area contributed by atoms with Gasteiger partial charge >= 0.3 is 154 Å². The van der Waals surface area contributed by atoms with Gasteiger partial charge in [-0.15, -0.1) is 0 Å². The Morgan fingerprint density at radius 1 is 0.476 bits per heavy atom. The van der Waals surface area contributed by atoms with Crippen molar-refractivity contribution in [2.24, 2.45) is 0 Å². The first-order chi connectivity index (χ1) is 8.24. The molecule has 0 rings (SSSR count). The number of quaternary nitrogens is 1. The van der Waals surface area contributed by atoms with Crippen LogP contribution in [-0.2, 0) is 0 Å². The molecule has 0 aliphatic heterocycles. The molecule has 0 bridgehead atoms. The van der Waals surface area contributed by atoms with Crippen LogP contribution in [-0.4, -0.2) is 185 Å². The van der Waals surface area contributed by atoms with Crippen molar-refractivity contribution >= 4 is 154 Å². The fourth-order valence-electron chi connectivity index (χ4n) is 2.64. The van der Waals surface area contributed by atoms with E-state index in [2.05, 4.69) is 27.7 Å². The number of halogens is 1. The average molecular weight is 383 g/mol. The van der Waals surface area contributed by atoms with Crippen LogP contribution in [0.15, 0.2) is 0 Å².